The number of carbonyl (C=O) groups excluding carboxylic acids is 1. The Kier molecular flexibility index (Phi) is 6.28. The van der Waals surface area contributed by atoms with Gasteiger partial charge in [0, 0.05) is 26.2 Å². The molecule has 2 aromatic carbocycles. The molecule has 2 amide bonds. The molecule has 5 nitrogen and oxygen atoms in total. The minimum Gasteiger partial charge on any atom is -0.379 e. The summed E-state index contributed by atoms with van der Waals surface area (Å²) in [6.07, 6.45) is 0. The lowest BCUT2D eigenvalue weighted by Crippen LogP contribution is -2.36. The van der Waals surface area contributed by atoms with Crippen LogP contribution in [-0.2, 0) is 17.8 Å². The molecule has 6 heteroatoms. The van der Waals surface area contributed by atoms with Crippen LogP contribution in [0.1, 0.15) is 11.1 Å². The van der Waals surface area contributed by atoms with Crippen molar-refractivity contribution in [3.63, 3.8) is 0 Å². The van der Waals surface area contributed by atoms with E-state index in [1.54, 1.807) is 12.1 Å². The van der Waals surface area contributed by atoms with E-state index in [0.29, 0.717) is 17.3 Å². The zero-order chi connectivity index (χ0) is 17.5. The number of hydrogen-bond acceptors (Lipinski definition) is 3. The summed E-state index contributed by atoms with van der Waals surface area (Å²) >= 11 is 6.06. The molecule has 0 atom stereocenters. The number of urea groups is 1. The molecule has 0 unspecified atom stereocenters. The van der Waals surface area contributed by atoms with E-state index in [1.165, 1.54) is 5.56 Å². The van der Waals surface area contributed by atoms with Gasteiger partial charge >= 0.3 is 6.03 Å². The summed E-state index contributed by atoms with van der Waals surface area (Å²) in [5, 5.41) is 6.19. The van der Waals surface area contributed by atoms with Crippen LogP contribution >= 0.6 is 11.6 Å². The van der Waals surface area contributed by atoms with Crippen molar-refractivity contribution in [1.82, 2.24) is 10.2 Å². The van der Waals surface area contributed by atoms with Gasteiger partial charge in [-0.25, -0.2) is 4.79 Å². The van der Waals surface area contributed by atoms with Crippen LogP contribution in [-0.4, -0.2) is 37.2 Å². The van der Waals surface area contributed by atoms with Gasteiger partial charge in [0.15, 0.2) is 0 Å². The maximum absolute atomic E-state index is 12.1. The number of carbonyl (C=O) groups is 1. The molecule has 1 aliphatic rings. The second-order valence-electron chi connectivity index (χ2n) is 5.94. The number of nitrogens with one attached hydrogen (secondary N) is 2. The first-order chi connectivity index (χ1) is 12.2. The Hall–Kier alpha value is -2.08. The molecular weight excluding hydrogens is 338 g/mol. The summed E-state index contributed by atoms with van der Waals surface area (Å²) in [4.78, 5) is 14.5. The van der Waals surface area contributed by atoms with Crippen LogP contribution in [0.25, 0.3) is 0 Å². The molecule has 3 rings (SSSR count). The van der Waals surface area contributed by atoms with Gasteiger partial charge in [0.1, 0.15) is 0 Å². The van der Waals surface area contributed by atoms with Crippen LogP contribution < -0.4 is 10.6 Å². The van der Waals surface area contributed by atoms with Gasteiger partial charge in [-0.15, -0.1) is 0 Å². The largest absolute Gasteiger partial charge is 0.379 e. The summed E-state index contributed by atoms with van der Waals surface area (Å²) in [7, 11) is 0. The predicted molar refractivity (Wildman–Crippen MR) is 99.8 cm³/mol. The van der Waals surface area contributed by atoms with Gasteiger partial charge in [0.05, 0.1) is 23.9 Å². The Bertz CT molecular complexity index is 717. The monoisotopic (exact) mass is 359 g/mol. The number of morpholine rings is 1. The average molecular weight is 360 g/mol. The molecule has 2 N–H and O–H groups in total. The number of nitrogens with zero attached hydrogens (tertiary/aromatic N) is 1. The topological polar surface area (TPSA) is 53.6 Å². The molecule has 1 fully saturated rings. The summed E-state index contributed by atoms with van der Waals surface area (Å²) in [6, 6.07) is 15.1. The van der Waals surface area contributed by atoms with Crippen molar-refractivity contribution >= 4 is 23.3 Å². The molecule has 25 heavy (non-hydrogen) atoms. The van der Waals surface area contributed by atoms with Crippen molar-refractivity contribution in [2.75, 3.05) is 31.6 Å². The molecule has 2 aromatic rings. The second-order valence-corrected chi connectivity index (χ2v) is 6.35. The van der Waals surface area contributed by atoms with E-state index in [0.717, 1.165) is 38.4 Å². The fraction of sp³-hybridized carbons (Fsp3) is 0.316. The Morgan fingerprint density at radius 2 is 1.72 bits per heavy atom. The number of para-hydroxylation sites is 1. The average Bonchev–Trinajstić information content (AvgIpc) is 2.64. The quantitative estimate of drug-likeness (QED) is 0.859. The van der Waals surface area contributed by atoms with Crippen molar-refractivity contribution < 1.29 is 9.53 Å². The molecule has 0 bridgehead atoms. The van der Waals surface area contributed by atoms with Crippen molar-refractivity contribution in [1.29, 1.82) is 0 Å². The smallest absolute Gasteiger partial charge is 0.319 e. The number of anilines is 1. The molecule has 0 saturated carbocycles. The van der Waals surface area contributed by atoms with Gasteiger partial charge in [-0.3, -0.25) is 4.90 Å². The lowest BCUT2D eigenvalue weighted by atomic mass is 10.1. The van der Waals surface area contributed by atoms with Crippen molar-refractivity contribution in [2.45, 2.75) is 13.1 Å². The highest BCUT2D eigenvalue weighted by Gasteiger charge is 2.13. The molecule has 0 spiro atoms. The van der Waals surface area contributed by atoms with E-state index in [-0.39, 0.29) is 6.03 Å². The Balaban J connectivity index is 1.57. The minimum absolute atomic E-state index is 0.269. The normalized spacial score (nSPS) is 14.9. The third-order valence-electron chi connectivity index (χ3n) is 4.18. The second kappa shape index (κ2) is 8.85. The third kappa shape index (κ3) is 5.19. The first-order valence-electron chi connectivity index (χ1n) is 8.38. The zero-order valence-electron chi connectivity index (χ0n) is 14.0. The molecule has 132 valence electrons. The van der Waals surface area contributed by atoms with Crippen molar-refractivity contribution in [3.8, 4) is 0 Å². The predicted octanol–water partition coefficient (Wildman–Crippen LogP) is 3.49. The molecule has 1 saturated heterocycles. The maximum atomic E-state index is 12.1. The van der Waals surface area contributed by atoms with E-state index >= 15 is 0 Å². The summed E-state index contributed by atoms with van der Waals surface area (Å²) in [5.41, 5.74) is 2.94. The first-order valence-corrected chi connectivity index (χ1v) is 8.76. The fourth-order valence-electron chi connectivity index (χ4n) is 2.79. The van der Waals surface area contributed by atoms with E-state index in [2.05, 4.69) is 21.6 Å². The van der Waals surface area contributed by atoms with E-state index in [4.69, 9.17) is 16.3 Å². The molecule has 1 aliphatic heterocycles. The van der Waals surface area contributed by atoms with Gasteiger partial charge in [0.25, 0.3) is 0 Å². The summed E-state index contributed by atoms with van der Waals surface area (Å²) in [5.74, 6) is 0. The number of amides is 2. The number of halogens is 1. The number of rotatable bonds is 5. The highest BCUT2D eigenvalue weighted by molar-refractivity contribution is 6.33. The van der Waals surface area contributed by atoms with Crippen LogP contribution in [0.3, 0.4) is 0 Å². The summed E-state index contributed by atoms with van der Waals surface area (Å²) in [6.45, 7) is 4.77. The zero-order valence-corrected chi connectivity index (χ0v) is 14.8. The van der Waals surface area contributed by atoms with Crippen LogP contribution in [0.5, 0.6) is 0 Å². The lowest BCUT2D eigenvalue weighted by Gasteiger charge is -2.27. The number of ether oxygens (including phenoxy) is 1. The first kappa shape index (κ1) is 17.7. The Morgan fingerprint density at radius 1 is 1.04 bits per heavy atom. The van der Waals surface area contributed by atoms with Gasteiger partial charge < -0.3 is 15.4 Å². The van der Waals surface area contributed by atoms with E-state index in [9.17, 15) is 4.79 Å². The molecule has 1 heterocycles. The van der Waals surface area contributed by atoms with Gasteiger partial charge in [-0.2, -0.15) is 0 Å². The van der Waals surface area contributed by atoms with Crippen LogP contribution in [0.2, 0.25) is 5.02 Å². The van der Waals surface area contributed by atoms with Crippen LogP contribution in [0, 0.1) is 0 Å². The van der Waals surface area contributed by atoms with Crippen LogP contribution in [0.4, 0.5) is 10.5 Å². The third-order valence-corrected chi connectivity index (χ3v) is 4.51. The van der Waals surface area contributed by atoms with Crippen molar-refractivity contribution in [3.05, 3.63) is 64.7 Å². The summed E-state index contributed by atoms with van der Waals surface area (Å²) < 4.78 is 5.40. The molecule has 0 radical (unpaired) electrons. The molecule has 0 aliphatic carbocycles. The molecule has 0 aromatic heterocycles. The van der Waals surface area contributed by atoms with Gasteiger partial charge in [-0.05, 0) is 23.3 Å². The Labute approximate surface area is 152 Å². The lowest BCUT2D eigenvalue weighted by molar-refractivity contribution is 0.0341. The highest BCUT2D eigenvalue weighted by Crippen LogP contribution is 2.20. The minimum atomic E-state index is -0.269. The number of hydrogen-bond donors (Lipinski definition) is 2. The van der Waals surface area contributed by atoms with Crippen molar-refractivity contribution in [2.24, 2.45) is 0 Å². The molecular formula is C19H22ClN3O2. The fourth-order valence-corrected chi connectivity index (χ4v) is 2.97. The maximum Gasteiger partial charge on any atom is 0.319 e. The standard InChI is InChI=1S/C19H22ClN3O2/c20-17-7-3-4-8-18(17)22-19(24)21-13-15-5-1-2-6-16(15)14-23-9-11-25-12-10-23/h1-8H,9-14H2,(H2,21,22,24). The Morgan fingerprint density at radius 3 is 2.48 bits per heavy atom. The van der Waals surface area contributed by atoms with E-state index in [1.807, 2.05) is 30.3 Å². The SMILES string of the molecule is O=C(NCc1ccccc1CN1CCOCC1)Nc1ccccc1Cl. The highest BCUT2D eigenvalue weighted by atomic mass is 35.5. The van der Waals surface area contributed by atoms with E-state index < -0.39 is 0 Å². The van der Waals surface area contributed by atoms with Gasteiger partial charge in [0.2, 0.25) is 0 Å². The number of benzene rings is 2. The van der Waals surface area contributed by atoms with Gasteiger partial charge in [-0.1, -0.05) is 48.0 Å². The van der Waals surface area contributed by atoms with Crippen LogP contribution in [0.15, 0.2) is 48.5 Å².